The van der Waals surface area contributed by atoms with Crippen LogP contribution in [0.4, 0.5) is 17.3 Å². The van der Waals surface area contributed by atoms with E-state index in [-0.39, 0.29) is 0 Å². The molecule has 0 saturated carbocycles. The Morgan fingerprint density at radius 2 is 1.79 bits per heavy atom. The molecule has 0 fully saturated rings. The highest BCUT2D eigenvalue weighted by atomic mass is 15.5. The molecule has 28 heavy (non-hydrogen) atoms. The van der Waals surface area contributed by atoms with Crippen molar-refractivity contribution in [2.45, 2.75) is 26.4 Å². The first kappa shape index (κ1) is 12.9. The molecule has 0 amide bonds. The highest BCUT2D eigenvalue weighted by Gasteiger charge is 2.38. The summed E-state index contributed by atoms with van der Waals surface area (Å²) in [6.45, 7) is 1.66. The molecule has 0 N–H and O–H groups in total. The Hall–Kier alpha value is -3.41. The van der Waals surface area contributed by atoms with Crippen molar-refractivity contribution in [3.05, 3.63) is 66.0 Å². The second-order valence-electron chi connectivity index (χ2n) is 7.31. The minimum Gasteiger partial charge on any atom is -0.336 e. The number of aromatic nitrogens is 4. The molecule has 138 valence electrons. The molecule has 0 radical (unpaired) electrons. The van der Waals surface area contributed by atoms with Crippen LogP contribution >= 0.6 is 0 Å². The van der Waals surface area contributed by atoms with Gasteiger partial charge in [0.05, 0.1) is 11.4 Å². The van der Waals surface area contributed by atoms with Crippen LogP contribution in [-0.4, -0.2) is 32.7 Å². The van der Waals surface area contributed by atoms with Crippen molar-refractivity contribution in [3.63, 3.8) is 0 Å². The van der Waals surface area contributed by atoms with Crippen molar-refractivity contribution in [2.24, 2.45) is 0 Å². The molecule has 0 unspecified atom stereocenters. The quantitative estimate of drug-likeness (QED) is 0.446. The van der Waals surface area contributed by atoms with Crippen LogP contribution in [0.3, 0.4) is 0 Å². The van der Waals surface area contributed by atoms with Crippen molar-refractivity contribution in [3.8, 4) is 5.69 Å². The molecule has 2 aromatic heterocycles. The molecule has 0 bridgehead atoms. The predicted octanol–water partition coefficient (Wildman–Crippen LogP) is 3.96. The van der Waals surface area contributed by atoms with Gasteiger partial charge in [-0.1, -0.05) is 24.3 Å². The van der Waals surface area contributed by atoms with Crippen molar-refractivity contribution in [1.29, 1.82) is 0 Å². The first-order valence-electron chi connectivity index (χ1n) is 10.8. The number of imidazole rings is 1. The van der Waals surface area contributed by atoms with Gasteiger partial charge < -0.3 is 14.4 Å². The summed E-state index contributed by atoms with van der Waals surface area (Å²) in [5.74, 6) is 1.93. The summed E-state index contributed by atoms with van der Waals surface area (Å²) in [5.41, 5.74) is 4.32. The van der Waals surface area contributed by atoms with E-state index in [0.29, 0.717) is 18.1 Å². The molecule has 6 nitrogen and oxygen atoms in total. The molecule has 4 aromatic rings. The maximum Gasteiger partial charge on any atom is 0.178 e. The normalized spacial score (nSPS) is 19.2. The minimum atomic E-state index is -2.33. The van der Waals surface area contributed by atoms with E-state index in [9.17, 15) is 0 Å². The summed E-state index contributed by atoms with van der Waals surface area (Å²) in [7, 11) is 0. The third-order valence-corrected chi connectivity index (χ3v) is 5.91. The van der Waals surface area contributed by atoms with E-state index in [0.717, 1.165) is 39.1 Å². The molecule has 0 saturated heterocycles. The van der Waals surface area contributed by atoms with Crippen LogP contribution in [-0.2, 0) is 6.42 Å². The first-order chi connectivity index (χ1) is 14.9. The highest BCUT2D eigenvalue weighted by Crippen LogP contribution is 2.48. The number of anilines is 3. The summed E-state index contributed by atoms with van der Waals surface area (Å²) in [5, 5.41) is 2.29. The number of hydrogen-bond donors (Lipinski definition) is 0. The lowest BCUT2D eigenvalue weighted by molar-refractivity contribution is 0.724. The van der Waals surface area contributed by atoms with Gasteiger partial charge in [-0.25, -0.2) is 15.0 Å². The van der Waals surface area contributed by atoms with Crippen molar-refractivity contribution < 1.29 is 4.11 Å². The summed E-state index contributed by atoms with van der Waals surface area (Å²) in [6.07, 6.45) is 7.17. The third-order valence-electron chi connectivity index (χ3n) is 5.91. The Morgan fingerprint density at radius 1 is 1.00 bits per heavy atom. The molecule has 4 heterocycles. The molecule has 2 aliphatic rings. The zero-order valence-corrected chi connectivity index (χ0v) is 15.6. The highest BCUT2D eigenvalue weighted by molar-refractivity contribution is 6.01. The molecule has 2 aromatic carbocycles. The van der Waals surface area contributed by atoms with Crippen LogP contribution in [0.15, 0.2) is 49.1 Å². The summed E-state index contributed by atoms with van der Waals surface area (Å²) >= 11 is 0. The van der Waals surface area contributed by atoms with Gasteiger partial charge in [0.15, 0.2) is 11.6 Å². The zero-order valence-electron chi connectivity index (χ0n) is 18.6. The lowest BCUT2D eigenvalue weighted by Crippen LogP contribution is -2.36. The molecule has 0 spiro atoms. The SMILES string of the molecule is [2H]C([2H])([2H])N1c2nccnc2N(c2c3c(c4ccccc4c2C)-n2ccnc2C3)[C@H]1C. The standard InChI is InChI=1S/C22H20N6/c1-13-15-6-4-5-7-16(15)20-17(12-18-23-10-11-27(18)20)19(13)28-14(2)26(3)21-22(28)25-9-8-24-21/h4-11,14H,12H2,1-3H3/t14-/m0/s1/i3D3. The van der Waals surface area contributed by atoms with Gasteiger partial charge >= 0.3 is 0 Å². The van der Waals surface area contributed by atoms with Crippen molar-refractivity contribution in [2.75, 3.05) is 16.8 Å². The number of hydrogen-bond acceptors (Lipinski definition) is 5. The topological polar surface area (TPSA) is 50.1 Å². The molecule has 6 rings (SSSR count). The smallest absolute Gasteiger partial charge is 0.178 e. The van der Waals surface area contributed by atoms with E-state index in [1.54, 1.807) is 12.4 Å². The maximum atomic E-state index is 8.11. The van der Waals surface area contributed by atoms with Crippen LogP contribution < -0.4 is 9.80 Å². The van der Waals surface area contributed by atoms with E-state index in [4.69, 9.17) is 4.11 Å². The summed E-state index contributed by atoms with van der Waals surface area (Å²) in [4.78, 5) is 16.9. The zero-order chi connectivity index (χ0) is 21.5. The van der Waals surface area contributed by atoms with Gasteiger partial charge in [0.1, 0.15) is 12.0 Å². The predicted molar refractivity (Wildman–Crippen MR) is 111 cm³/mol. The fourth-order valence-electron chi connectivity index (χ4n) is 4.67. The van der Waals surface area contributed by atoms with Gasteiger partial charge in [-0.05, 0) is 24.8 Å². The van der Waals surface area contributed by atoms with E-state index in [2.05, 4.69) is 38.6 Å². The Labute approximate surface area is 167 Å². The Kier molecular flexibility index (Phi) is 2.45. The van der Waals surface area contributed by atoms with E-state index >= 15 is 0 Å². The maximum absolute atomic E-state index is 8.11. The van der Waals surface area contributed by atoms with Gasteiger partial charge in [-0.15, -0.1) is 0 Å². The third kappa shape index (κ3) is 1.80. The monoisotopic (exact) mass is 371 g/mol. The minimum absolute atomic E-state index is 0.382. The van der Waals surface area contributed by atoms with Crippen LogP contribution in [0.25, 0.3) is 16.5 Å². The van der Waals surface area contributed by atoms with Gasteiger partial charge in [0, 0.05) is 53.2 Å². The molecule has 6 heteroatoms. The number of aryl methyl sites for hydroxylation is 1. The second kappa shape index (κ2) is 5.32. The molecule has 0 aliphatic carbocycles. The van der Waals surface area contributed by atoms with Crippen LogP contribution in [0.5, 0.6) is 0 Å². The van der Waals surface area contributed by atoms with Gasteiger partial charge in [-0.2, -0.15) is 0 Å². The fraction of sp³-hybridized carbons (Fsp3) is 0.227. The van der Waals surface area contributed by atoms with E-state index < -0.39 is 13.1 Å². The van der Waals surface area contributed by atoms with Gasteiger partial charge in [0.25, 0.3) is 0 Å². The first-order valence-corrected chi connectivity index (χ1v) is 9.34. The van der Waals surface area contributed by atoms with Crippen LogP contribution in [0.1, 0.15) is 28.0 Å². The van der Waals surface area contributed by atoms with E-state index in [1.807, 2.05) is 36.4 Å². The molecule has 2 aliphatic heterocycles. The Morgan fingerprint density at radius 3 is 2.61 bits per heavy atom. The van der Waals surface area contributed by atoms with Crippen LogP contribution in [0.2, 0.25) is 0 Å². The number of benzene rings is 2. The molecule has 1 atom stereocenters. The molecular formula is C22H20N6. The van der Waals surface area contributed by atoms with Gasteiger partial charge in [0.2, 0.25) is 0 Å². The lowest BCUT2D eigenvalue weighted by Gasteiger charge is -2.30. The number of nitrogens with zero attached hydrogens (tertiary/aromatic N) is 6. The Bertz CT molecular complexity index is 1360. The second-order valence-corrected chi connectivity index (χ2v) is 7.31. The number of fused-ring (bicyclic) bond motifs is 6. The van der Waals surface area contributed by atoms with E-state index in [1.165, 1.54) is 4.90 Å². The fourth-order valence-corrected chi connectivity index (χ4v) is 4.67. The molecular weight excluding hydrogens is 348 g/mol. The van der Waals surface area contributed by atoms with Gasteiger partial charge in [-0.3, -0.25) is 0 Å². The summed E-state index contributed by atoms with van der Waals surface area (Å²) in [6, 6.07) is 8.33. The van der Waals surface area contributed by atoms with Crippen molar-refractivity contribution in [1.82, 2.24) is 19.5 Å². The largest absolute Gasteiger partial charge is 0.336 e. The Balaban J connectivity index is 1.69. The lowest BCUT2D eigenvalue weighted by atomic mass is 9.95. The number of rotatable bonds is 1. The average molecular weight is 371 g/mol. The van der Waals surface area contributed by atoms with Crippen LogP contribution in [0, 0.1) is 6.92 Å². The van der Waals surface area contributed by atoms with Crippen molar-refractivity contribution >= 4 is 28.1 Å². The summed E-state index contributed by atoms with van der Waals surface area (Å²) < 4.78 is 26.5. The average Bonchev–Trinajstić information content (AvgIpc) is 3.39.